The van der Waals surface area contributed by atoms with Gasteiger partial charge in [0, 0.05) is 39.3 Å². The van der Waals surface area contributed by atoms with E-state index in [4.69, 9.17) is 9.47 Å². The molecule has 0 radical (unpaired) electrons. The number of hydrogen-bond acceptors (Lipinski definition) is 6. The molecule has 3 aliphatic heterocycles. The number of hydrogen-bond donors (Lipinski definition) is 0. The largest absolute Gasteiger partial charge is 0.454 e. The number of rotatable bonds is 5. The molecule has 3 aliphatic rings. The Morgan fingerprint density at radius 1 is 0.842 bits per heavy atom. The van der Waals surface area contributed by atoms with E-state index in [0.717, 1.165) is 47.8 Å². The van der Waals surface area contributed by atoms with Crippen LogP contribution in [-0.2, 0) is 34.3 Å². The summed E-state index contributed by atoms with van der Waals surface area (Å²) in [6, 6.07) is 21.4. The van der Waals surface area contributed by atoms with E-state index in [0.29, 0.717) is 19.5 Å². The lowest BCUT2D eigenvalue weighted by atomic mass is 9.95. The number of piperazine rings is 1. The smallest absolute Gasteiger partial charge is 0.244 e. The van der Waals surface area contributed by atoms with Crippen LogP contribution < -0.4 is 9.47 Å². The van der Waals surface area contributed by atoms with Crippen molar-refractivity contribution in [2.24, 2.45) is 0 Å². The second-order valence-corrected chi connectivity index (χ2v) is 11.5. The van der Waals surface area contributed by atoms with E-state index in [9.17, 15) is 13.2 Å². The average Bonchev–Trinajstić information content (AvgIpc) is 3.41. The molecule has 1 saturated heterocycles. The molecule has 3 heterocycles. The summed E-state index contributed by atoms with van der Waals surface area (Å²) in [5.41, 5.74) is 3.11. The van der Waals surface area contributed by atoms with E-state index in [1.165, 1.54) is 4.31 Å². The molecule has 3 aromatic carbocycles. The number of amides is 1. The van der Waals surface area contributed by atoms with Crippen LogP contribution in [0.15, 0.2) is 77.7 Å². The van der Waals surface area contributed by atoms with Crippen molar-refractivity contribution in [2.45, 2.75) is 30.4 Å². The molecule has 1 amide bonds. The summed E-state index contributed by atoms with van der Waals surface area (Å²) in [6.07, 6.45) is 0.373. The molecular formula is C28H30ClN3O5S. The van der Waals surface area contributed by atoms with E-state index in [2.05, 4.69) is 4.90 Å². The number of halogens is 1. The predicted molar refractivity (Wildman–Crippen MR) is 145 cm³/mol. The molecule has 200 valence electrons. The summed E-state index contributed by atoms with van der Waals surface area (Å²) in [7, 11) is -3.84. The molecule has 0 spiro atoms. The molecule has 0 aromatic heterocycles. The van der Waals surface area contributed by atoms with Gasteiger partial charge >= 0.3 is 0 Å². The minimum absolute atomic E-state index is 0. The van der Waals surface area contributed by atoms with Crippen molar-refractivity contribution in [2.75, 3.05) is 33.0 Å². The van der Waals surface area contributed by atoms with Gasteiger partial charge in [0.25, 0.3) is 0 Å². The van der Waals surface area contributed by atoms with Gasteiger partial charge in [-0.2, -0.15) is 4.31 Å². The number of nitrogens with zero attached hydrogens (tertiary/aromatic N) is 3. The third-order valence-corrected chi connectivity index (χ3v) is 9.24. The summed E-state index contributed by atoms with van der Waals surface area (Å²) in [6.45, 7) is 3.74. The first kappa shape index (κ1) is 26.5. The van der Waals surface area contributed by atoms with Gasteiger partial charge in [-0.3, -0.25) is 9.69 Å². The first-order valence-corrected chi connectivity index (χ1v) is 14.0. The molecule has 0 N–H and O–H groups in total. The molecule has 0 bridgehead atoms. The van der Waals surface area contributed by atoms with Gasteiger partial charge in [-0.15, -0.1) is 12.4 Å². The normalized spacial score (nSPS) is 19.5. The maximum absolute atomic E-state index is 13.8. The van der Waals surface area contributed by atoms with Gasteiger partial charge in [-0.25, -0.2) is 8.42 Å². The standard InChI is InChI=1S/C28H29N3O5S.ClH/c32-28(30-14-12-29(13-15-30)18-21-10-11-26-27(16-21)36-20-35-26)25-17-22-6-4-5-7-23(22)19-31(25)37(33,34)24-8-2-1-3-9-24;/h1-11,16,25H,12-15,17-20H2;1H. The Balaban J connectivity index is 0.00000294. The third kappa shape index (κ3) is 5.11. The Kier molecular flexibility index (Phi) is 7.63. The maximum Gasteiger partial charge on any atom is 0.244 e. The number of benzene rings is 3. The molecule has 8 nitrogen and oxygen atoms in total. The molecule has 1 unspecified atom stereocenters. The summed E-state index contributed by atoms with van der Waals surface area (Å²) < 4.78 is 39.6. The Labute approximate surface area is 229 Å². The summed E-state index contributed by atoms with van der Waals surface area (Å²) in [4.78, 5) is 18.1. The molecule has 38 heavy (non-hydrogen) atoms. The fourth-order valence-corrected chi connectivity index (χ4v) is 6.91. The maximum atomic E-state index is 13.8. The number of ether oxygens (including phenoxy) is 2. The Bertz CT molecular complexity index is 1410. The molecule has 1 fully saturated rings. The SMILES string of the molecule is Cl.O=C(C1Cc2ccccc2CN1S(=O)(=O)c1ccccc1)N1CCN(Cc2ccc3c(c2)OCO3)CC1. The van der Waals surface area contributed by atoms with Gasteiger partial charge in [0.15, 0.2) is 11.5 Å². The van der Waals surface area contributed by atoms with Gasteiger partial charge in [0.2, 0.25) is 22.7 Å². The van der Waals surface area contributed by atoms with Crippen molar-refractivity contribution >= 4 is 28.3 Å². The van der Waals surface area contributed by atoms with Gasteiger partial charge in [-0.1, -0.05) is 48.5 Å². The highest BCUT2D eigenvalue weighted by molar-refractivity contribution is 7.89. The van der Waals surface area contributed by atoms with E-state index in [1.54, 1.807) is 30.3 Å². The number of carbonyl (C=O) groups is 1. The lowest BCUT2D eigenvalue weighted by Gasteiger charge is -2.40. The first-order chi connectivity index (χ1) is 18.0. The summed E-state index contributed by atoms with van der Waals surface area (Å²) in [5, 5.41) is 0. The average molecular weight is 556 g/mol. The van der Waals surface area contributed by atoms with Crippen molar-refractivity contribution in [1.29, 1.82) is 0 Å². The summed E-state index contributed by atoms with van der Waals surface area (Å²) in [5.74, 6) is 1.41. The molecule has 3 aromatic rings. The molecule has 6 rings (SSSR count). The molecule has 1 atom stereocenters. The van der Waals surface area contributed by atoms with Gasteiger partial charge in [0.05, 0.1) is 4.90 Å². The van der Waals surface area contributed by atoms with E-state index < -0.39 is 16.1 Å². The fourth-order valence-electron chi connectivity index (χ4n) is 5.32. The second-order valence-electron chi connectivity index (χ2n) is 9.64. The number of sulfonamides is 1. The first-order valence-electron chi connectivity index (χ1n) is 12.5. The highest BCUT2D eigenvalue weighted by atomic mass is 35.5. The Hall–Kier alpha value is -3.11. The lowest BCUT2D eigenvalue weighted by Crippen LogP contribution is -2.57. The van der Waals surface area contributed by atoms with Crippen molar-refractivity contribution in [3.8, 4) is 11.5 Å². The van der Waals surface area contributed by atoms with Crippen molar-refractivity contribution in [3.05, 3.63) is 89.5 Å². The topological polar surface area (TPSA) is 79.4 Å². The van der Waals surface area contributed by atoms with Crippen molar-refractivity contribution in [3.63, 3.8) is 0 Å². The molecular weight excluding hydrogens is 526 g/mol. The molecule has 0 saturated carbocycles. The minimum Gasteiger partial charge on any atom is -0.454 e. The molecule has 10 heteroatoms. The quantitative estimate of drug-likeness (QED) is 0.481. The van der Waals surface area contributed by atoms with Crippen LogP contribution in [0, 0.1) is 0 Å². The van der Waals surface area contributed by atoms with Crippen LogP contribution in [0.2, 0.25) is 0 Å². The minimum atomic E-state index is -3.84. The van der Waals surface area contributed by atoms with Crippen LogP contribution in [0.25, 0.3) is 0 Å². The lowest BCUT2D eigenvalue weighted by molar-refractivity contribution is -0.137. The zero-order valence-corrected chi connectivity index (χ0v) is 22.5. The zero-order valence-electron chi connectivity index (χ0n) is 20.9. The highest BCUT2D eigenvalue weighted by Gasteiger charge is 2.41. The van der Waals surface area contributed by atoms with Crippen LogP contribution in [0.1, 0.15) is 16.7 Å². The van der Waals surface area contributed by atoms with Crippen LogP contribution in [0.5, 0.6) is 11.5 Å². The van der Waals surface area contributed by atoms with Crippen LogP contribution in [-0.4, -0.2) is 67.4 Å². The van der Waals surface area contributed by atoms with E-state index in [1.807, 2.05) is 47.4 Å². The Morgan fingerprint density at radius 2 is 1.53 bits per heavy atom. The van der Waals surface area contributed by atoms with E-state index in [-0.39, 0.29) is 36.5 Å². The predicted octanol–water partition coefficient (Wildman–Crippen LogP) is 3.30. The van der Waals surface area contributed by atoms with Gasteiger partial charge < -0.3 is 14.4 Å². The highest BCUT2D eigenvalue weighted by Crippen LogP contribution is 2.33. The molecule has 0 aliphatic carbocycles. The monoisotopic (exact) mass is 555 g/mol. The van der Waals surface area contributed by atoms with E-state index >= 15 is 0 Å². The summed E-state index contributed by atoms with van der Waals surface area (Å²) >= 11 is 0. The van der Waals surface area contributed by atoms with Crippen LogP contribution in [0.3, 0.4) is 0 Å². The fraction of sp³-hybridized carbons (Fsp3) is 0.321. The Morgan fingerprint density at radius 3 is 2.29 bits per heavy atom. The number of carbonyl (C=O) groups excluding carboxylic acids is 1. The van der Waals surface area contributed by atoms with Crippen molar-refractivity contribution in [1.82, 2.24) is 14.1 Å². The van der Waals surface area contributed by atoms with Gasteiger partial charge in [0.1, 0.15) is 6.04 Å². The van der Waals surface area contributed by atoms with Crippen LogP contribution in [0.4, 0.5) is 0 Å². The van der Waals surface area contributed by atoms with Gasteiger partial charge in [-0.05, 0) is 47.4 Å². The van der Waals surface area contributed by atoms with Crippen LogP contribution >= 0.6 is 12.4 Å². The second kappa shape index (κ2) is 10.9. The zero-order chi connectivity index (χ0) is 25.4. The third-order valence-electron chi connectivity index (χ3n) is 7.37. The number of fused-ring (bicyclic) bond motifs is 2. The van der Waals surface area contributed by atoms with Crippen molar-refractivity contribution < 1.29 is 22.7 Å².